The van der Waals surface area contributed by atoms with E-state index in [2.05, 4.69) is 57.8 Å². The van der Waals surface area contributed by atoms with Crippen molar-refractivity contribution in [3.8, 4) is 5.75 Å². The van der Waals surface area contributed by atoms with Crippen LogP contribution in [0.5, 0.6) is 5.75 Å². The molecule has 2 heterocycles. The lowest BCUT2D eigenvalue weighted by molar-refractivity contribution is 0.288. The fraction of sp³-hybridized carbons (Fsp3) is 0.412. The van der Waals surface area contributed by atoms with Gasteiger partial charge >= 0.3 is 0 Å². The van der Waals surface area contributed by atoms with Crippen molar-refractivity contribution in [1.29, 1.82) is 0 Å². The van der Waals surface area contributed by atoms with E-state index in [0.29, 0.717) is 0 Å². The molecule has 0 amide bonds. The highest BCUT2D eigenvalue weighted by molar-refractivity contribution is 9.10. The lowest BCUT2D eigenvalue weighted by Gasteiger charge is -2.22. The second-order valence-electron chi connectivity index (χ2n) is 5.34. The number of aryl methyl sites for hydroxylation is 1. The van der Waals surface area contributed by atoms with Crippen molar-refractivity contribution < 1.29 is 4.74 Å². The number of hydrogen-bond acceptors (Lipinski definition) is 3. The molecule has 1 aliphatic heterocycles. The van der Waals surface area contributed by atoms with E-state index in [9.17, 15) is 0 Å². The predicted molar refractivity (Wildman–Crippen MR) is 92.4 cm³/mol. The second-order valence-corrected chi connectivity index (χ2v) is 7.14. The third kappa shape index (κ3) is 3.33. The van der Waals surface area contributed by atoms with Gasteiger partial charge in [-0.2, -0.15) is 0 Å². The summed E-state index contributed by atoms with van der Waals surface area (Å²) in [5.74, 6) is 1.06. The van der Waals surface area contributed by atoms with Crippen molar-refractivity contribution in [1.82, 2.24) is 5.32 Å². The van der Waals surface area contributed by atoms with Crippen molar-refractivity contribution in [3.05, 3.63) is 50.1 Å². The maximum Gasteiger partial charge on any atom is 0.122 e. The van der Waals surface area contributed by atoms with Crippen LogP contribution in [0.4, 0.5) is 0 Å². The van der Waals surface area contributed by atoms with Gasteiger partial charge in [-0.3, -0.25) is 0 Å². The predicted octanol–water partition coefficient (Wildman–Crippen LogP) is 4.92. The molecule has 0 saturated heterocycles. The Bertz CT molecular complexity index is 611. The summed E-state index contributed by atoms with van der Waals surface area (Å²) in [6, 6.07) is 9.03. The lowest BCUT2D eigenvalue weighted by Crippen LogP contribution is -2.23. The third-order valence-electron chi connectivity index (χ3n) is 3.77. The Labute approximate surface area is 138 Å². The van der Waals surface area contributed by atoms with Crippen molar-refractivity contribution in [3.63, 3.8) is 0 Å². The summed E-state index contributed by atoms with van der Waals surface area (Å²) < 4.78 is 6.92. The molecule has 0 fully saturated rings. The van der Waals surface area contributed by atoms with Crippen LogP contribution in [-0.4, -0.2) is 13.2 Å². The van der Waals surface area contributed by atoms with E-state index in [4.69, 9.17) is 4.74 Å². The molecule has 0 saturated carbocycles. The Hall–Kier alpha value is -0.840. The molecule has 0 bridgehead atoms. The van der Waals surface area contributed by atoms with E-state index < -0.39 is 0 Å². The summed E-state index contributed by atoms with van der Waals surface area (Å²) in [6.45, 7) is 4.07. The molecule has 4 heteroatoms. The van der Waals surface area contributed by atoms with Gasteiger partial charge in [-0.15, -0.1) is 11.3 Å². The summed E-state index contributed by atoms with van der Waals surface area (Å²) in [4.78, 5) is 1.35. The van der Waals surface area contributed by atoms with Crippen LogP contribution in [0.15, 0.2) is 34.1 Å². The highest BCUT2D eigenvalue weighted by atomic mass is 79.9. The first kappa shape index (κ1) is 15.1. The van der Waals surface area contributed by atoms with Crippen LogP contribution in [0.2, 0.25) is 0 Å². The molecule has 1 N–H and O–H groups in total. The van der Waals surface area contributed by atoms with Gasteiger partial charge in [0.1, 0.15) is 5.75 Å². The van der Waals surface area contributed by atoms with Gasteiger partial charge in [-0.05, 0) is 70.4 Å². The monoisotopic (exact) mass is 365 g/mol. The zero-order chi connectivity index (χ0) is 14.7. The van der Waals surface area contributed by atoms with Gasteiger partial charge in [-0.1, -0.05) is 19.1 Å². The maximum atomic E-state index is 5.73. The average Bonchev–Trinajstić information content (AvgIpc) is 2.94. The van der Waals surface area contributed by atoms with Crippen LogP contribution >= 0.6 is 27.3 Å². The molecule has 0 aliphatic carbocycles. The molecule has 3 rings (SSSR count). The number of thiophene rings is 1. The molecule has 2 nitrogen and oxygen atoms in total. The number of halogens is 1. The Morgan fingerprint density at radius 2 is 2.29 bits per heavy atom. The zero-order valence-corrected chi connectivity index (χ0v) is 14.6. The van der Waals surface area contributed by atoms with Crippen LogP contribution in [0.25, 0.3) is 0 Å². The van der Waals surface area contributed by atoms with E-state index >= 15 is 0 Å². The molecule has 0 radical (unpaired) electrons. The van der Waals surface area contributed by atoms with Gasteiger partial charge in [0.15, 0.2) is 0 Å². The highest BCUT2D eigenvalue weighted by Crippen LogP contribution is 2.35. The molecular formula is C17H20BrNOS. The van der Waals surface area contributed by atoms with Gasteiger partial charge in [-0.25, -0.2) is 0 Å². The Balaban J connectivity index is 1.94. The summed E-state index contributed by atoms with van der Waals surface area (Å²) in [6.07, 6.45) is 3.37. The summed E-state index contributed by atoms with van der Waals surface area (Å²) >= 11 is 5.48. The largest absolute Gasteiger partial charge is 0.493 e. The minimum absolute atomic E-state index is 0.256. The standard InChI is InChI=1S/C17H20BrNOS/c1-2-8-19-16(17-14(18)7-10-21-17)13-5-6-15-12(11-13)4-3-9-20-15/h5-7,10-11,16,19H,2-4,8-9H2,1H3. The van der Waals surface area contributed by atoms with E-state index in [1.54, 1.807) is 11.3 Å². The average molecular weight is 366 g/mol. The quantitative estimate of drug-likeness (QED) is 0.811. The summed E-state index contributed by atoms with van der Waals surface area (Å²) in [5.41, 5.74) is 2.67. The molecule has 0 spiro atoms. The smallest absolute Gasteiger partial charge is 0.122 e. The van der Waals surface area contributed by atoms with E-state index in [-0.39, 0.29) is 6.04 Å². The van der Waals surface area contributed by atoms with Gasteiger partial charge in [0.2, 0.25) is 0 Å². The van der Waals surface area contributed by atoms with Gasteiger partial charge in [0, 0.05) is 9.35 Å². The van der Waals surface area contributed by atoms with Crippen LogP contribution < -0.4 is 10.1 Å². The number of benzene rings is 1. The first-order valence-electron chi connectivity index (χ1n) is 7.51. The number of fused-ring (bicyclic) bond motifs is 1. The molecule has 112 valence electrons. The van der Waals surface area contributed by atoms with Gasteiger partial charge in [0.05, 0.1) is 12.6 Å². The lowest BCUT2D eigenvalue weighted by atomic mass is 9.98. The number of hydrogen-bond donors (Lipinski definition) is 1. The molecular weight excluding hydrogens is 346 g/mol. The molecule has 1 atom stereocenters. The van der Waals surface area contributed by atoms with Crippen LogP contribution in [0.3, 0.4) is 0 Å². The van der Waals surface area contributed by atoms with E-state index in [0.717, 1.165) is 38.2 Å². The van der Waals surface area contributed by atoms with Gasteiger partial charge in [0.25, 0.3) is 0 Å². The SMILES string of the molecule is CCCNC(c1ccc2c(c1)CCCO2)c1sccc1Br. The van der Waals surface area contributed by atoms with E-state index in [1.807, 2.05) is 0 Å². The zero-order valence-electron chi connectivity index (χ0n) is 12.2. The first-order chi connectivity index (χ1) is 10.3. The summed E-state index contributed by atoms with van der Waals surface area (Å²) in [5, 5.41) is 5.82. The minimum atomic E-state index is 0.256. The molecule has 21 heavy (non-hydrogen) atoms. The van der Waals surface area contributed by atoms with Crippen molar-refractivity contribution in [2.75, 3.05) is 13.2 Å². The van der Waals surface area contributed by atoms with E-state index in [1.165, 1.54) is 20.5 Å². The topological polar surface area (TPSA) is 21.3 Å². The molecule has 1 aromatic carbocycles. The maximum absolute atomic E-state index is 5.73. The molecule has 1 unspecified atom stereocenters. The van der Waals surface area contributed by atoms with Crippen molar-refractivity contribution in [2.45, 2.75) is 32.2 Å². The fourth-order valence-corrected chi connectivity index (χ4v) is 4.43. The highest BCUT2D eigenvalue weighted by Gasteiger charge is 2.20. The van der Waals surface area contributed by atoms with Crippen LogP contribution in [-0.2, 0) is 6.42 Å². The molecule has 1 aromatic heterocycles. The van der Waals surface area contributed by atoms with Crippen molar-refractivity contribution >= 4 is 27.3 Å². The Morgan fingerprint density at radius 3 is 3.05 bits per heavy atom. The normalized spacial score (nSPS) is 15.3. The second kappa shape index (κ2) is 6.95. The Kier molecular flexibility index (Phi) is 4.99. The first-order valence-corrected chi connectivity index (χ1v) is 9.18. The number of ether oxygens (including phenoxy) is 1. The summed E-state index contributed by atoms with van der Waals surface area (Å²) in [7, 11) is 0. The number of nitrogens with one attached hydrogen (secondary N) is 1. The van der Waals surface area contributed by atoms with Crippen molar-refractivity contribution in [2.24, 2.45) is 0 Å². The fourth-order valence-electron chi connectivity index (χ4n) is 2.72. The third-order valence-corrected chi connectivity index (χ3v) is 5.71. The van der Waals surface area contributed by atoms with Gasteiger partial charge < -0.3 is 10.1 Å². The number of rotatable bonds is 5. The minimum Gasteiger partial charge on any atom is -0.493 e. The van der Waals surface area contributed by atoms with Crippen LogP contribution in [0.1, 0.15) is 41.8 Å². The molecule has 2 aromatic rings. The Morgan fingerprint density at radius 1 is 1.38 bits per heavy atom. The molecule has 1 aliphatic rings. The van der Waals surface area contributed by atoms with Crippen LogP contribution in [0, 0.1) is 0 Å².